The van der Waals surface area contributed by atoms with Crippen molar-refractivity contribution >= 4 is 17.6 Å². The Morgan fingerprint density at radius 3 is 3.00 bits per heavy atom. The molecule has 0 unspecified atom stereocenters. The summed E-state index contributed by atoms with van der Waals surface area (Å²) in [6.07, 6.45) is 0.298. The molecule has 14 heavy (non-hydrogen) atoms. The summed E-state index contributed by atoms with van der Waals surface area (Å²) in [6.45, 7) is 0. The van der Waals surface area contributed by atoms with Crippen LogP contribution in [-0.4, -0.2) is 17.0 Å². The Labute approximate surface area is 80.6 Å². The minimum atomic E-state index is -0.889. The summed E-state index contributed by atoms with van der Waals surface area (Å²) in [6, 6.07) is 5.33. The first-order valence-electron chi connectivity index (χ1n) is 4.29. The van der Waals surface area contributed by atoms with Crippen molar-refractivity contribution in [3.63, 3.8) is 0 Å². The van der Waals surface area contributed by atoms with Crippen molar-refractivity contribution in [2.75, 3.05) is 5.32 Å². The summed E-state index contributed by atoms with van der Waals surface area (Å²) in [7, 11) is 0. The van der Waals surface area contributed by atoms with Gasteiger partial charge < -0.3 is 10.4 Å². The Morgan fingerprint density at radius 2 is 2.29 bits per heavy atom. The monoisotopic (exact) mass is 191 g/mol. The molecule has 4 heteroatoms. The molecule has 2 rings (SSSR count). The summed E-state index contributed by atoms with van der Waals surface area (Å²) < 4.78 is 0. The molecular formula is C10H9NO3. The molecule has 0 atom stereocenters. The Morgan fingerprint density at radius 1 is 1.50 bits per heavy atom. The van der Waals surface area contributed by atoms with Crippen LogP contribution in [0.2, 0.25) is 0 Å². The SMILES string of the molecule is O=C(O)Cc1cccc2c1NC(=O)C2. The molecular weight excluding hydrogens is 182 g/mol. The quantitative estimate of drug-likeness (QED) is 0.726. The maximum atomic E-state index is 11.1. The Hall–Kier alpha value is -1.84. The van der Waals surface area contributed by atoms with Gasteiger partial charge >= 0.3 is 5.97 Å². The van der Waals surface area contributed by atoms with Crippen LogP contribution in [0.3, 0.4) is 0 Å². The Bertz CT molecular complexity index is 412. The van der Waals surface area contributed by atoms with Gasteiger partial charge in [-0.05, 0) is 11.1 Å². The van der Waals surface area contributed by atoms with E-state index in [1.165, 1.54) is 0 Å². The molecule has 1 aromatic rings. The van der Waals surface area contributed by atoms with E-state index in [0.29, 0.717) is 17.7 Å². The minimum absolute atomic E-state index is 0.0521. The lowest BCUT2D eigenvalue weighted by molar-refractivity contribution is -0.136. The maximum absolute atomic E-state index is 11.1. The van der Waals surface area contributed by atoms with E-state index in [1.807, 2.05) is 6.07 Å². The fraction of sp³-hybridized carbons (Fsp3) is 0.200. The van der Waals surface area contributed by atoms with Crippen molar-refractivity contribution in [2.45, 2.75) is 12.8 Å². The summed E-state index contributed by atoms with van der Waals surface area (Å²) in [5.74, 6) is -0.961. The lowest BCUT2D eigenvalue weighted by Gasteiger charge is -2.04. The highest BCUT2D eigenvalue weighted by molar-refractivity contribution is 6.00. The second-order valence-corrected chi connectivity index (χ2v) is 3.25. The van der Waals surface area contributed by atoms with Gasteiger partial charge in [-0.15, -0.1) is 0 Å². The van der Waals surface area contributed by atoms with Crippen LogP contribution in [0.25, 0.3) is 0 Å². The number of aliphatic carboxylic acids is 1. The molecule has 0 bridgehead atoms. The molecule has 0 radical (unpaired) electrons. The summed E-state index contributed by atoms with van der Waals surface area (Å²) in [4.78, 5) is 21.6. The van der Waals surface area contributed by atoms with E-state index < -0.39 is 5.97 Å². The van der Waals surface area contributed by atoms with E-state index in [4.69, 9.17) is 5.11 Å². The first kappa shape index (κ1) is 8.74. The second-order valence-electron chi connectivity index (χ2n) is 3.25. The molecule has 1 amide bonds. The normalized spacial score (nSPS) is 13.6. The zero-order chi connectivity index (χ0) is 10.1. The molecule has 72 valence electrons. The average Bonchev–Trinajstić information content (AvgIpc) is 2.45. The molecule has 0 aliphatic carbocycles. The van der Waals surface area contributed by atoms with E-state index in [-0.39, 0.29) is 12.3 Å². The fourth-order valence-corrected chi connectivity index (χ4v) is 1.63. The average molecular weight is 191 g/mol. The van der Waals surface area contributed by atoms with Crippen LogP contribution in [0.15, 0.2) is 18.2 Å². The van der Waals surface area contributed by atoms with Crippen molar-refractivity contribution < 1.29 is 14.7 Å². The van der Waals surface area contributed by atoms with Gasteiger partial charge in [-0.2, -0.15) is 0 Å². The Kier molecular flexibility index (Phi) is 1.96. The molecule has 1 heterocycles. The number of carbonyl (C=O) groups excluding carboxylic acids is 1. The standard InChI is InChI=1S/C10H9NO3/c12-8-4-6-2-1-3-7(5-9(13)14)10(6)11-8/h1-3H,4-5H2,(H,11,12)(H,13,14). The zero-order valence-electron chi connectivity index (χ0n) is 7.41. The maximum Gasteiger partial charge on any atom is 0.307 e. The van der Waals surface area contributed by atoms with Crippen LogP contribution in [0, 0.1) is 0 Å². The summed E-state index contributed by atoms with van der Waals surface area (Å²) in [5.41, 5.74) is 2.23. The molecule has 0 saturated carbocycles. The molecule has 2 N–H and O–H groups in total. The third-order valence-electron chi connectivity index (χ3n) is 2.19. The highest BCUT2D eigenvalue weighted by atomic mass is 16.4. The van der Waals surface area contributed by atoms with E-state index in [1.54, 1.807) is 12.1 Å². The lowest BCUT2D eigenvalue weighted by Crippen LogP contribution is -2.07. The molecule has 0 aromatic heterocycles. The van der Waals surface area contributed by atoms with Gasteiger partial charge in [0.2, 0.25) is 5.91 Å². The molecule has 1 aromatic carbocycles. The number of carboxylic acids is 1. The predicted molar refractivity (Wildman–Crippen MR) is 50.1 cm³/mol. The van der Waals surface area contributed by atoms with Gasteiger partial charge in [-0.3, -0.25) is 9.59 Å². The number of nitrogens with one attached hydrogen (secondary N) is 1. The number of para-hydroxylation sites is 1. The van der Waals surface area contributed by atoms with Gasteiger partial charge in [0.15, 0.2) is 0 Å². The number of fused-ring (bicyclic) bond motifs is 1. The molecule has 0 spiro atoms. The first-order chi connectivity index (χ1) is 6.66. The van der Waals surface area contributed by atoms with Crippen LogP contribution >= 0.6 is 0 Å². The third-order valence-corrected chi connectivity index (χ3v) is 2.19. The van der Waals surface area contributed by atoms with Crippen LogP contribution in [0.4, 0.5) is 5.69 Å². The fourth-order valence-electron chi connectivity index (χ4n) is 1.63. The minimum Gasteiger partial charge on any atom is -0.481 e. The number of benzene rings is 1. The predicted octanol–water partition coefficient (Wildman–Crippen LogP) is 0.808. The van der Waals surface area contributed by atoms with Crippen LogP contribution in [-0.2, 0) is 22.4 Å². The number of hydrogen-bond acceptors (Lipinski definition) is 2. The van der Waals surface area contributed by atoms with Crippen molar-refractivity contribution in [2.24, 2.45) is 0 Å². The lowest BCUT2D eigenvalue weighted by atomic mass is 10.1. The zero-order valence-corrected chi connectivity index (χ0v) is 7.41. The summed E-state index contributed by atoms with van der Waals surface area (Å²) >= 11 is 0. The van der Waals surface area contributed by atoms with Crippen LogP contribution in [0.5, 0.6) is 0 Å². The van der Waals surface area contributed by atoms with Gasteiger partial charge in [-0.25, -0.2) is 0 Å². The number of amides is 1. The number of carbonyl (C=O) groups is 2. The largest absolute Gasteiger partial charge is 0.481 e. The van der Waals surface area contributed by atoms with Crippen LogP contribution < -0.4 is 5.32 Å². The van der Waals surface area contributed by atoms with E-state index in [9.17, 15) is 9.59 Å². The smallest absolute Gasteiger partial charge is 0.307 e. The van der Waals surface area contributed by atoms with Crippen molar-refractivity contribution in [1.29, 1.82) is 0 Å². The van der Waals surface area contributed by atoms with Gasteiger partial charge in [0.05, 0.1) is 12.8 Å². The molecule has 0 saturated heterocycles. The van der Waals surface area contributed by atoms with Crippen molar-refractivity contribution in [3.8, 4) is 0 Å². The number of rotatable bonds is 2. The van der Waals surface area contributed by atoms with Gasteiger partial charge in [0.1, 0.15) is 0 Å². The Balaban J connectivity index is 2.39. The topological polar surface area (TPSA) is 66.4 Å². The molecule has 4 nitrogen and oxygen atoms in total. The highest BCUT2D eigenvalue weighted by Gasteiger charge is 2.20. The number of carboxylic acid groups (broad SMARTS) is 1. The van der Waals surface area contributed by atoms with Gasteiger partial charge in [-0.1, -0.05) is 18.2 Å². The second kappa shape index (κ2) is 3.14. The molecule has 1 aliphatic heterocycles. The number of anilines is 1. The molecule has 0 fully saturated rings. The first-order valence-corrected chi connectivity index (χ1v) is 4.29. The van der Waals surface area contributed by atoms with Gasteiger partial charge in [0.25, 0.3) is 0 Å². The molecule has 1 aliphatic rings. The third kappa shape index (κ3) is 1.46. The highest BCUT2D eigenvalue weighted by Crippen LogP contribution is 2.27. The summed E-state index contributed by atoms with van der Waals surface area (Å²) in [5, 5.41) is 11.3. The van der Waals surface area contributed by atoms with Crippen molar-refractivity contribution in [3.05, 3.63) is 29.3 Å². The van der Waals surface area contributed by atoms with Gasteiger partial charge in [0, 0.05) is 5.69 Å². The van der Waals surface area contributed by atoms with Crippen molar-refractivity contribution in [1.82, 2.24) is 0 Å². The number of hydrogen-bond donors (Lipinski definition) is 2. The van der Waals surface area contributed by atoms with Crippen LogP contribution in [0.1, 0.15) is 11.1 Å². The van der Waals surface area contributed by atoms with E-state index in [2.05, 4.69) is 5.32 Å². The van der Waals surface area contributed by atoms with E-state index in [0.717, 1.165) is 5.56 Å². The van der Waals surface area contributed by atoms with E-state index >= 15 is 0 Å².